The van der Waals surface area contributed by atoms with Crippen LogP contribution in [0, 0.1) is 0 Å². The molecule has 0 atom stereocenters. The highest BCUT2D eigenvalue weighted by Crippen LogP contribution is 2.29. The summed E-state index contributed by atoms with van der Waals surface area (Å²) in [7, 11) is 0. The first-order valence-corrected chi connectivity index (χ1v) is 12.0. The minimum Gasteiger partial charge on any atom is -0.478 e. The van der Waals surface area contributed by atoms with Crippen molar-refractivity contribution in [1.82, 2.24) is 15.0 Å². The number of alkyl halides is 3. The Hall–Kier alpha value is -4.87. The Morgan fingerprint density at radius 3 is 2.18 bits per heavy atom. The van der Waals surface area contributed by atoms with E-state index in [1.165, 1.54) is 24.3 Å². The summed E-state index contributed by atoms with van der Waals surface area (Å²) in [5.74, 6) is 0.750. The Kier molecular flexibility index (Phi) is 8.44. The maximum atomic E-state index is 12.8. The molecule has 0 aliphatic carbocycles. The SMILES string of the molecule is CCCNc1nc(NCc2ccc(C(F)(F)F)cc2)nc(Nc2cccc(Oc3ccc(C(=O)O)cc3)c2)n1. The van der Waals surface area contributed by atoms with Gasteiger partial charge in [0.15, 0.2) is 0 Å². The maximum Gasteiger partial charge on any atom is 0.416 e. The number of benzene rings is 3. The summed E-state index contributed by atoms with van der Waals surface area (Å²) >= 11 is 0. The molecule has 4 N–H and O–H groups in total. The molecular formula is C27H25F3N6O3. The van der Waals surface area contributed by atoms with Gasteiger partial charge < -0.3 is 25.8 Å². The number of nitrogens with one attached hydrogen (secondary N) is 3. The van der Waals surface area contributed by atoms with E-state index in [0.717, 1.165) is 18.6 Å². The van der Waals surface area contributed by atoms with Crippen molar-refractivity contribution in [3.05, 3.63) is 89.5 Å². The molecule has 9 nitrogen and oxygen atoms in total. The second-order valence-electron chi connectivity index (χ2n) is 8.37. The lowest BCUT2D eigenvalue weighted by Gasteiger charge is -2.12. The molecule has 4 rings (SSSR count). The average molecular weight is 539 g/mol. The summed E-state index contributed by atoms with van der Waals surface area (Å²) in [4.78, 5) is 24.2. The van der Waals surface area contributed by atoms with E-state index in [1.807, 2.05) is 6.92 Å². The summed E-state index contributed by atoms with van der Waals surface area (Å²) in [5.41, 5.74) is 0.688. The van der Waals surface area contributed by atoms with Crippen LogP contribution >= 0.6 is 0 Å². The van der Waals surface area contributed by atoms with Gasteiger partial charge in [-0.15, -0.1) is 0 Å². The van der Waals surface area contributed by atoms with Crippen LogP contribution in [0.1, 0.15) is 34.8 Å². The van der Waals surface area contributed by atoms with Crippen LogP contribution in [-0.4, -0.2) is 32.6 Å². The van der Waals surface area contributed by atoms with Crippen LogP contribution in [-0.2, 0) is 12.7 Å². The van der Waals surface area contributed by atoms with Crippen LogP contribution in [0.4, 0.5) is 36.7 Å². The molecule has 0 fully saturated rings. The van der Waals surface area contributed by atoms with Gasteiger partial charge in [0.1, 0.15) is 11.5 Å². The van der Waals surface area contributed by atoms with Crippen LogP contribution in [0.5, 0.6) is 11.5 Å². The van der Waals surface area contributed by atoms with E-state index >= 15 is 0 Å². The Labute approximate surface area is 222 Å². The van der Waals surface area contributed by atoms with Crippen molar-refractivity contribution in [2.24, 2.45) is 0 Å². The zero-order valence-electron chi connectivity index (χ0n) is 20.8. The number of anilines is 4. The molecule has 3 aromatic carbocycles. The number of ether oxygens (including phenoxy) is 1. The standard InChI is InChI=1S/C27H25F3N6O3/c1-2-14-31-24-34-25(32-16-17-6-10-19(11-7-17)27(28,29)30)36-26(35-24)33-20-4-3-5-22(15-20)39-21-12-8-18(9-13-21)23(37)38/h3-13,15H,2,14,16H2,1H3,(H,37,38)(H3,31,32,33,34,35,36). The number of aromatic nitrogens is 3. The van der Waals surface area contributed by atoms with Crippen molar-refractivity contribution >= 4 is 29.5 Å². The van der Waals surface area contributed by atoms with Crippen molar-refractivity contribution in [3.8, 4) is 11.5 Å². The monoisotopic (exact) mass is 538 g/mol. The number of aromatic carboxylic acids is 1. The van der Waals surface area contributed by atoms with E-state index in [-0.39, 0.29) is 24.0 Å². The number of carboxylic acid groups (broad SMARTS) is 1. The third-order valence-electron chi connectivity index (χ3n) is 5.33. The van der Waals surface area contributed by atoms with E-state index in [2.05, 4.69) is 30.9 Å². The number of rotatable bonds is 11. The van der Waals surface area contributed by atoms with Crippen molar-refractivity contribution in [2.75, 3.05) is 22.5 Å². The first-order chi connectivity index (χ1) is 18.7. The summed E-state index contributed by atoms with van der Waals surface area (Å²) in [6.07, 6.45) is -3.55. The molecule has 0 saturated heterocycles. The quantitative estimate of drug-likeness (QED) is 0.168. The summed E-state index contributed by atoms with van der Waals surface area (Å²) in [6.45, 7) is 2.84. The van der Waals surface area contributed by atoms with Gasteiger partial charge in [-0.05, 0) is 60.5 Å². The predicted molar refractivity (Wildman–Crippen MR) is 141 cm³/mol. The fourth-order valence-electron chi connectivity index (χ4n) is 3.39. The number of nitrogens with zero attached hydrogens (tertiary/aromatic N) is 3. The lowest BCUT2D eigenvalue weighted by molar-refractivity contribution is -0.137. The fraction of sp³-hybridized carbons (Fsp3) is 0.185. The number of halogens is 3. The Morgan fingerprint density at radius 1 is 0.872 bits per heavy atom. The van der Waals surface area contributed by atoms with E-state index in [0.29, 0.717) is 35.2 Å². The maximum absolute atomic E-state index is 12.8. The molecule has 202 valence electrons. The van der Waals surface area contributed by atoms with Gasteiger partial charge in [0.05, 0.1) is 11.1 Å². The third-order valence-corrected chi connectivity index (χ3v) is 5.33. The van der Waals surface area contributed by atoms with Gasteiger partial charge in [-0.3, -0.25) is 0 Å². The van der Waals surface area contributed by atoms with Gasteiger partial charge in [0, 0.05) is 24.8 Å². The molecule has 0 radical (unpaired) electrons. The molecule has 0 aliphatic rings. The second-order valence-corrected chi connectivity index (χ2v) is 8.37. The number of carboxylic acids is 1. The third kappa shape index (κ3) is 7.81. The zero-order chi connectivity index (χ0) is 27.8. The smallest absolute Gasteiger partial charge is 0.416 e. The molecule has 4 aromatic rings. The van der Waals surface area contributed by atoms with Crippen LogP contribution in [0.2, 0.25) is 0 Å². The lowest BCUT2D eigenvalue weighted by Crippen LogP contribution is -2.12. The summed E-state index contributed by atoms with van der Waals surface area (Å²) in [5, 5.41) is 18.3. The van der Waals surface area contributed by atoms with Crippen molar-refractivity contribution in [1.29, 1.82) is 0 Å². The molecular weight excluding hydrogens is 513 g/mol. The largest absolute Gasteiger partial charge is 0.478 e. The highest BCUT2D eigenvalue weighted by Gasteiger charge is 2.29. The Bertz CT molecular complexity index is 1410. The van der Waals surface area contributed by atoms with Gasteiger partial charge >= 0.3 is 12.1 Å². The van der Waals surface area contributed by atoms with Gasteiger partial charge in [-0.1, -0.05) is 25.1 Å². The summed E-state index contributed by atoms with van der Waals surface area (Å²) in [6, 6.07) is 17.9. The minimum absolute atomic E-state index is 0.155. The first-order valence-electron chi connectivity index (χ1n) is 12.0. The van der Waals surface area contributed by atoms with Gasteiger partial charge in [0.25, 0.3) is 0 Å². The van der Waals surface area contributed by atoms with Crippen LogP contribution in [0.25, 0.3) is 0 Å². The molecule has 0 amide bonds. The lowest BCUT2D eigenvalue weighted by atomic mass is 10.1. The van der Waals surface area contributed by atoms with E-state index in [1.54, 1.807) is 36.4 Å². The molecule has 0 unspecified atom stereocenters. The molecule has 0 spiro atoms. The van der Waals surface area contributed by atoms with E-state index in [9.17, 15) is 18.0 Å². The Morgan fingerprint density at radius 2 is 1.54 bits per heavy atom. The van der Waals surface area contributed by atoms with Gasteiger partial charge in [-0.25, -0.2) is 4.79 Å². The van der Waals surface area contributed by atoms with Crippen molar-refractivity contribution < 1.29 is 27.8 Å². The highest BCUT2D eigenvalue weighted by atomic mass is 19.4. The summed E-state index contributed by atoms with van der Waals surface area (Å²) < 4.78 is 44.3. The molecule has 12 heteroatoms. The highest BCUT2D eigenvalue weighted by molar-refractivity contribution is 5.87. The topological polar surface area (TPSA) is 121 Å². The fourth-order valence-corrected chi connectivity index (χ4v) is 3.39. The van der Waals surface area contributed by atoms with Crippen LogP contribution in [0.3, 0.4) is 0 Å². The normalized spacial score (nSPS) is 11.1. The molecule has 1 heterocycles. The number of hydrogen-bond donors (Lipinski definition) is 4. The predicted octanol–water partition coefficient (Wildman–Crippen LogP) is 6.56. The first kappa shape index (κ1) is 27.2. The second kappa shape index (κ2) is 12.1. The van der Waals surface area contributed by atoms with E-state index < -0.39 is 17.7 Å². The van der Waals surface area contributed by atoms with Gasteiger partial charge in [0.2, 0.25) is 17.8 Å². The molecule has 39 heavy (non-hydrogen) atoms. The van der Waals surface area contributed by atoms with E-state index in [4.69, 9.17) is 9.84 Å². The minimum atomic E-state index is -4.39. The molecule has 0 aliphatic heterocycles. The Balaban J connectivity index is 1.48. The van der Waals surface area contributed by atoms with Crippen LogP contribution < -0.4 is 20.7 Å². The average Bonchev–Trinajstić information content (AvgIpc) is 2.91. The molecule has 1 aromatic heterocycles. The van der Waals surface area contributed by atoms with Gasteiger partial charge in [-0.2, -0.15) is 28.1 Å². The number of hydrogen-bond acceptors (Lipinski definition) is 8. The molecule has 0 saturated carbocycles. The molecule has 0 bridgehead atoms. The van der Waals surface area contributed by atoms with Crippen LogP contribution in [0.15, 0.2) is 72.8 Å². The zero-order valence-corrected chi connectivity index (χ0v) is 20.8. The van der Waals surface area contributed by atoms with Crippen molar-refractivity contribution in [2.45, 2.75) is 26.1 Å². The van der Waals surface area contributed by atoms with Crippen molar-refractivity contribution in [3.63, 3.8) is 0 Å². The number of carbonyl (C=O) groups is 1.